The lowest BCUT2D eigenvalue weighted by Gasteiger charge is -2.26. The molecule has 0 radical (unpaired) electrons. The Morgan fingerprint density at radius 2 is 1.78 bits per heavy atom. The maximum Gasteiger partial charge on any atom is 0.119 e. The van der Waals surface area contributed by atoms with Gasteiger partial charge in [0.25, 0.3) is 0 Å². The molecule has 23 heavy (non-hydrogen) atoms. The minimum absolute atomic E-state index is 0.309. The lowest BCUT2D eigenvalue weighted by atomic mass is 10.2. The molecule has 0 saturated heterocycles. The molecular weight excluding hydrogens is 292 g/mol. The van der Waals surface area contributed by atoms with Crippen LogP contribution >= 0.6 is 0 Å². The number of hydrogen-bond acceptors (Lipinski definition) is 5. The number of rotatable bonds is 11. The standard InChI is InChI=1S/C18H32N2O3/c1-15(2)20(10-11-22-5)12-16-6-8-18(9-7-16)23-14-17(21)13-19(3)4/h6-9,15,17,21H,10-14H2,1-5H3. The second kappa shape index (κ2) is 10.6. The van der Waals surface area contributed by atoms with E-state index in [0.717, 1.165) is 25.4 Å². The van der Waals surface area contributed by atoms with Crippen LogP contribution in [0.2, 0.25) is 0 Å². The molecule has 132 valence electrons. The van der Waals surface area contributed by atoms with Crippen molar-refractivity contribution in [2.75, 3.05) is 47.5 Å². The molecule has 0 fully saturated rings. The smallest absolute Gasteiger partial charge is 0.119 e. The molecule has 1 N–H and O–H groups in total. The van der Waals surface area contributed by atoms with E-state index in [1.807, 2.05) is 31.1 Å². The van der Waals surface area contributed by atoms with E-state index >= 15 is 0 Å². The van der Waals surface area contributed by atoms with Crippen LogP contribution < -0.4 is 4.74 Å². The van der Waals surface area contributed by atoms with Gasteiger partial charge in [-0.25, -0.2) is 0 Å². The summed E-state index contributed by atoms with van der Waals surface area (Å²) in [4.78, 5) is 4.32. The topological polar surface area (TPSA) is 45.2 Å². The predicted molar refractivity (Wildman–Crippen MR) is 93.9 cm³/mol. The van der Waals surface area contributed by atoms with E-state index in [4.69, 9.17) is 9.47 Å². The molecule has 0 bridgehead atoms. The first-order valence-electron chi connectivity index (χ1n) is 8.20. The van der Waals surface area contributed by atoms with Crippen LogP contribution in [0, 0.1) is 0 Å². The second-order valence-electron chi connectivity index (χ2n) is 6.43. The SMILES string of the molecule is COCCN(Cc1ccc(OCC(O)CN(C)C)cc1)C(C)C. The Kier molecular flexibility index (Phi) is 9.17. The molecule has 0 saturated carbocycles. The largest absolute Gasteiger partial charge is 0.491 e. The number of benzene rings is 1. The molecule has 0 amide bonds. The van der Waals surface area contributed by atoms with E-state index in [0.29, 0.717) is 19.2 Å². The molecule has 1 atom stereocenters. The first-order valence-corrected chi connectivity index (χ1v) is 8.20. The molecule has 0 aliphatic heterocycles. The van der Waals surface area contributed by atoms with Gasteiger partial charge < -0.3 is 19.5 Å². The zero-order valence-corrected chi connectivity index (χ0v) is 15.2. The summed E-state index contributed by atoms with van der Waals surface area (Å²) in [5, 5.41) is 9.81. The van der Waals surface area contributed by atoms with E-state index in [1.165, 1.54) is 5.56 Å². The van der Waals surface area contributed by atoms with E-state index in [2.05, 4.69) is 30.9 Å². The minimum Gasteiger partial charge on any atom is -0.491 e. The van der Waals surface area contributed by atoms with Crippen molar-refractivity contribution in [1.82, 2.24) is 9.80 Å². The van der Waals surface area contributed by atoms with Crippen LogP contribution in [-0.4, -0.2) is 74.6 Å². The van der Waals surface area contributed by atoms with Gasteiger partial charge in [0.15, 0.2) is 0 Å². The summed E-state index contributed by atoms with van der Waals surface area (Å²) in [6, 6.07) is 8.56. The molecule has 1 aromatic rings. The summed E-state index contributed by atoms with van der Waals surface area (Å²) >= 11 is 0. The Labute approximate surface area is 140 Å². The predicted octanol–water partition coefficient (Wildman–Crippen LogP) is 1.84. The van der Waals surface area contributed by atoms with Crippen LogP contribution in [0.4, 0.5) is 0 Å². The van der Waals surface area contributed by atoms with Crippen molar-refractivity contribution >= 4 is 0 Å². The minimum atomic E-state index is -0.477. The molecule has 5 heteroatoms. The number of methoxy groups -OCH3 is 1. The van der Waals surface area contributed by atoms with Crippen molar-refractivity contribution in [2.45, 2.75) is 32.5 Å². The quantitative estimate of drug-likeness (QED) is 0.673. The Balaban J connectivity index is 2.48. The molecule has 0 aliphatic rings. The van der Waals surface area contributed by atoms with Crippen molar-refractivity contribution in [1.29, 1.82) is 0 Å². The lowest BCUT2D eigenvalue weighted by molar-refractivity contribution is 0.0831. The zero-order valence-electron chi connectivity index (χ0n) is 15.2. The van der Waals surface area contributed by atoms with Gasteiger partial charge in [-0.2, -0.15) is 0 Å². The van der Waals surface area contributed by atoms with Crippen LogP contribution in [0.25, 0.3) is 0 Å². The Morgan fingerprint density at radius 1 is 1.13 bits per heavy atom. The van der Waals surface area contributed by atoms with Gasteiger partial charge in [-0.3, -0.25) is 4.90 Å². The number of nitrogens with zero attached hydrogens (tertiary/aromatic N) is 2. The number of aliphatic hydroxyl groups excluding tert-OH is 1. The van der Waals surface area contributed by atoms with Crippen molar-refractivity contribution in [2.24, 2.45) is 0 Å². The average Bonchev–Trinajstić information content (AvgIpc) is 2.49. The third-order valence-corrected chi connectivity index (χ3v) is 3.64. The van der Waals surface area contributed by atoms with Crippen molar-refractivity contribution < 1.29 is 14.6 Å². The Bertz CT molecular complexity index is 421. The number of aliphatic hydroxyl groups is 1. The fourth-order valence-electron chi connectivity index (χ4n) is 2.32. The molecular formula is C18H32N2O3. The fourth-order valence-corrected chi connectivity index (χ4v) is 2.32. The summed E-state index contributed by atoms with van der Waals surface area (Å²) < 4.78 is 10.8. The number of ether oxygens (including phenoxy) is 2. The fraction of sp³-hybridized carbons (Fsp3) is 0.667. The average molecular weight is 324 g/mol. The van der Waals surface area contributed by atoms with Gasteiger partial charge in [0.1, 0.15) is 18.5 Å². The van der Waals surface area contributed by atoms with E-state index in [9.17, 15) is 5.11 Å². The van der Waals surface area contributed by atoms with E-state index in [1.54, 1.807) is 7.11 Å². The van der Waals surface area contributed by atoms with Crippen molar-refractivity contribution in [3.05, 3.63) is 29.8 Å². The van der Waals surface area contributed by atoms with Crippen molar-refractivity contribution in [3.8, 4) is 5.75 Å². The summed E-state index contributed by atoms with van der Waals surface area (Å²) in [5.41, 5.74) is 1.25. The zero-order chi connectivity index (χ0) is 17.2. The molecule has 1 aromatic carbocycles. The summed E-state index contributed by atoms with van der Waals surface area (Å²) in [6.45, 7) is 7.85. The highest BCUT2D eigenvalue weighted by Crippen LogP contribution is 2.15. The molecule has 1 rings (SSSR count). The van der Waals surface area contributed by atoms with E-state index in [-0.39, 0.29) is 0 Å². The molecule has 0 spiro atoms. The summed E-state index contributed by atoms with van der Waals surface area (Å²) in [5.74, 6) is 0.791. The van der Waals surface area contributed by atoms with Gasteiger partial charge >= 0.3 is 0 Å². The van der Waals surface area contributed by atoms with Gasteiger partial charge in [-0.15, -0.1) is 0 Å². The molecule has 0 aromatic heterocycles. The highest BCUT2D eigenvalue weighted by atomic mass is 16.5. The molecule has 0 aliphatic carbocycles. The van der Waals surface area contributed by atoms with Gasteiger partial charge in [0.2, 0.25) is 0 Å². The van der Waals surface area contributed by atoms with Crippen LogP contribution in [-0.2, 0) is 11.3 Å². The maximum atomic E-state index is 9.81. The number of hydrogen-bond donors (Lipinski definition) is 1. The second-order valence-corrected chi connectivity index (χ2v) is 6.43. The summed E-state index contributed by atoms with van der Waals surface area (Å²) in [7, 11) is 5.60. The highest BCUT2D eigenvalue weighted by Gasteiger charge is 2.10. The van der Waals surface area contributed by atoms with Crippen molar-refractivity contribution in [3.63, 3.8) is 0 Å². The third-order valence-electron chi connectivity index (χ3n) is 3.64. The summed E-state index contributed by atoms with van der Waals surface area (Å²) in [6.07, 6.45) is -0.477. The highest BCUT2D eigenvalue weighted by molar-refractivity contribution is 5.27. The van der Waals surface area contributed by atoms with Gasteiger partial charge in [0, 0.05) is 32.8 Å². The third kappa shape index (κ3) is 8.32. The van der Waals surface area contributed by atoms with Crippen LogP contribution in [0.5, 0.6) is 5.75 Å². The van der Waals surface area contributed by atoms with Crippen LogP contribution in [0.1, 0.15) is 19.4 Å². The van der Waals surface area contributed by atoms with Gasteiger partial charge in [0.05, 0.1) is 6.61 Å². The molecule has 1 unspecified atom stereocenters. The normalized spacial score (nSPS) is 13.1. The lowest BCUT2D eigenvalue weighted by Crippen LogP contribution is -2.33. The first-order chi connectivity index (χ1) is 10.9. The molecule has 5 nitrogen and oxygen atoms in total. The Morgan fingerprint density at radius 3 is 2.30 bits per heavy atom. The molecule has 0 heterocycles. The Hall–Kier alpha value is -1.14. The van der Waals surface area contributed by atoms with Crippen LogP contribution in [0.15, 0.2) is 24.3 Å². The monoisotopic (exact) mass is 324 g/mol. The van der Waals surface area contributed by atoms with Gasteiger partial charge in [-0.1, -0.05) is 12.1 Å². The van der Waals surface area contributed by atoms with Gasteiger partial charge in [-0.05, 0) is 45.6 Å². The first kappa shape index (κ1) is 19.9. The maximum absolute atomic E-state index is 9.81. The van der Waals surface area contributed by atoms with Crippen LogP contribution in [0.3, 0.4) is 0 Å². The van der Waals surface area contributed by atoms with E-state index < -0.39 is 6.10 Å². The number of likely N-dealkylation sites (N-methyl/N-ethyl adjacent to an activating group) is 1.